The number of carbonyl (C=O) groups is 2. The third-order valence-electron chi connectivity index (χ3n) is 1.99. The summed E-state index contributed by atoms with van der Waals surface area (Å²) < 4.78 is 9.92. The van der Waals surface area contributed by atoms with Crippen LogP contribution in [0.1, 0.15) is 24.2 Å². The van der Waals surface area contributed by atoms with Crippen LogP contribution in [0.2, 0.25) is 0 Å². The average molecular weight is 252 g/mol. The molecule has 0 saturated heterocycles. The Hall–Kier alpha value is -2.24. The molecule has 0 aliphatic rings. The highest BCUT2D eigenvalue weighted by atomic mass is 16.6. The fourth-order valence-corrected chi connectivity index (χ4v) is 1.28. The lowest BCUT2D eigenvalue weighted by Gasteiger charge is -2.10. The highest BCUT2D eigenvalue weighted by Gasteiger charge is 2.12. The predicted molar refractivity (Wildman–Crippen MR) is 65.2 cm³/mol. The largest absolute Gasteiger partial charge is 0.493 e. The molecule has 0 aliphatic carbocycles. The van der Waals surface area contributed by atoms with Crippen molar-refractivity contribution in [1.29, 1.82) is 0 Å². The topological polar surface area (TPSA) is 76.7 Å². The van der Waals surface area contributed by atoms with Crippen molar-refractivity contribution in [2.24, 2.45) is 0 Å². The normalized spacial score (nSPS) is 9.44. The maximum absolute atomic E-state index is 11.8. The Morgan fingerprint density at radius 1 is 1.11 bits per heavy atom. The summed E-state index contributed by atoms with van der Waals surface area (Å²) >= 11 is 0. The fraction of sp³-hybridized carbons (Fsp3) is 0.333. The smallest absolute Gasteiger partial charge is 0.426 e. The molecule has 1 aromatic carbocycles. The lowest BCUT2D eigenvalue weighted by atomic mass is 10.2. The van der Waals surface area contributed by atoms with Crippen LogP contribution in [0.4, 0.5) is 4.79 Å². The van der Waals surface area contributed by atoms with Crippen LogP contribution in [0.25, 0.3) is 0 Å². The van der Waals surface area contributed by atoms with Crippen LogP contribution in [-0.4, -0.2) is 25.2 Å². The first-order valence-electron chi connectivity index (χ1n) is 5.64. The third kappa shape index (κ3) is 3.97. The molecule has 0 unspecified atom stereocenters. The molecule has 6 heteroatoms. The molecule has 0 atom stereocenters. The Labute approximate surface area is 105 Å². The second kappa shape index (κ2) is 7.16. The van der Waals surface area contributed by atoms with Gasteiger partial charge in [-0.2, -0.15) is 0 Å². The van der Waals surface area contributed by atoms with Crippen LogP contribution in [0.3, 0.4) is 0 Å². The number of nitrogens with one attached hydrogen (secondary N) is 2. The molecule has 0 fully saturated rings. The molecule has 98 valence electrons. The molecular formula is C12H16N2O4. The van der Waals surface area contributed by atoms with Gasteiger partial charge in [0.15, 0.2) is 0 Å². The summed E-state index contributed by atoms with van der Waals surface area (Å²) in [4.78, 5) is 22.8. The summed E-state index contributed by atoms with van der Waals surface area (Å²) in [5.74, 6) is -0.00439. The van der Waals surface area contributed by atoms with E-state index in [4.69, 9.17) is 4.74 Å². The van der Waals surface area contributed by atoms with Crippen molar-refractivity contribution in [3.05, 3.63) is 29.8 Å². The van der Waals surface area contributed by atoms with E-state index in [1.54, 1.807) is 31.2 Å². The monoisotopic (exact) mass is 252 g/mol. The Kier molecular flexibility index (Phi) is 5.50. The Balaban J connectivity index is 2.63. The summed E-state index contributed by atoms with van der Waals surface area (Å²) in [5, 5.41) is 0. The van der Waals surface area contributed by atoms with Crippen molar-refractivity contribution in [2.45, 2.75) is 13.8 Å². The second-order valence-corrected chi connectivity index (χ2v) is 3.23. The average Bonchev–Trinajstić information content (AvgIpc) is 2.37. The van der Waals surface area contributed by atoms with E-state index in [0.29, 0.717) is 17.9 Å². The first-order valence-corrected chi connectivity index (χ1v) is 5.64. The molecule has 0 bridgehead atoms. The van der Waals surface area contributed by atoms with Gasteiger partial charge in [0, 0.05) is 0 Å². The first-order chi connectivity index (χ1) is 8.69. The van der Waals surface area contributed by atoms with Crippen LogP contribution < -0.4 is 15.6 Å². The molecule has 18 heavy (non-hydrogen) atoms. The molecule has 6 nitrogen and oxygen atoms in total. The van der Waals surface area contributed by atoms with E-state index in [1.807, 2.05) is 6.92 Å². The predicted octanol–water partition coefficient (Wildman–Crippen LogP) is 1.48. The van der Waals surface area contributed by atoms with E-state index >= 15 is 0 Å². The van der Waals surface area contributed by atoms with Gasteiger partial charge in [-0.15, -0.1) is 0 Å². The van der Waals surface area contributed by atoms with Gasteiger partial charge in [0.1, 0.15) is 5.75 Å². The molecule has 2 amide bonds. The number of hydrazine groups is 1. The van der Waals surface area contributed by atoms with Crippen molar-refractivity contribution < 1.29 is 19.1 Å². The molecule has 0 aromatic heterocycles. The van der Waals surface area contributed by atoms with Crippen molar-refractivity contribution in [3.8, 4) is 5.75 Å². The molecule has 1 rings (SSSR count). The zero-order valence-corrected chi connectivity index (χ0v) is 10.4. The van der Waals surface area contributed by atoms with E-state index < -0.39 is 12.0 Å². The molecular weight excluding hydrogens is 236 g/mol. The minimum Gasteiger partial charge on any atom is -0.493 e. The summed E-state index contributed by atoms with van der Waals surface area (Å²) in [6.45, 7) is 4.18. The van der Waals surface area contributed by atoms with Crippen LogP contribution in [-0.2, 0) is 4.74 Å². The van der Waals surface area contributed by atoms with Gasteiger partial charge in [0.05, 0.1) is 18.8 Å². The summed E-state index contributed by atoms with van der Waals surface area (Å²) in [5.41, 5.74) is 4.72. The van der Waals surface area contributed by atoms with Gasteiger partial charge in [-0.05, 0) is 26.0 Å². The van der Waals surface area contributed by atoms with Crippen LogP contribution >= 0.6 is 0 Å². The fourth-order valence-electron chi connectivity index (χ4n) is 1.28. The van der Waals surface area contributed by atoms with Gasteiger partial charge < -0.3 is 9.47 Å². The Bertz CT molecular complexity index is 420. The Morgan fingerprint density at radius 3 is 2.50 bits per heavy atom. The number of benzene rings is 1. The highest BCUT2D eigenvalue weighted by molar-refractivity contribution is 5.97. The number of carbonyl (C=O) groups excluding carboxylic acids is 2. The van der Waals surface area contributed by atoms with Crippen molar-refractivity contribution in [1.82, 2.24) is 10.9 Å². The minimum absolute atomic E-state index is 0.233. The van der Waals surface area contributed by atoms with Crippen LogP contribution in [0.5, 0.6) is 5.75 Å². The Morgan fingerprint density at radius 2 is 1.83 bits per heavy atom. The lowest BCUT2D eigenvalue weighted by molar-refractivity contribution is 0.0909. The lowest BCUT2D eigenvalue weighted by Crippen LogP contribution is -2.42. The molecule has 0 heterocycles. The SMILES string of the molecule is CCOC(=O)NNC(=O)c1ccccc1OCC. The second-order valence-electron chi connectivity index (χ2n) is 3.23. The number of rotatable bonds is 4. The molecule has 2 N–H and O–H groups in total. The first kappa shape index (κ1) is 13.8. The van der Waals surface area contributed by atoms with Gasteiger partial charge in [-0.25, -0.2) is 10.2 Å². The molecule has 0 spiro atoms. The molecule has 0 aliphatic heterocycles. The van der Waals surface area contributed by atoms with Crippen molar-refractivity contribution >= 4 is 12.0 Å². The quantitative estimate of drug-likeness (QED) is 0.796. The van der Waals surface area contributed by atoms with Crippen molar-refractivity contribution in [3.63, 3.8) is 0 Å². The van der Waals surface area contributed by atoms with Crippen LogP contribution in [0.15, 0.2) is 24.3 Å². The number of hydrogen-bond donors (Lipinski definition) is 2. The molecule has 0 saturated carbocycles. The number of para-hydroxylation sites is 1. The van der Waals surface area contributed by atoms with Gasteiger partial charge in [-0.3, -0.25) is 10.2 Å². The zero-order valence-electron chi connectivity index (χ0n) is 10.4. The number of amides is 2. The number of hydrogen-bond acceptors (Lipinski definition) is 4. The highest BCUT2D eigenvalue weighted by Crippen LogP contribution is 2.17. The van der Waals surface area contributed by atoms with E-state index in [2.05, 4.69) is 15.6 Å². The van der Waals surface area contributed by atoms with E-state index in [0.717, 1.165) is 0 Å². The molecule has 1 aromatic rings. The van der Waals surface area contributed by atoms with Gasteiger partial charge in [-0.1, -0.05) is 12.1 Å². The van der Waals surface area contributed by atoms with E-state index in [-0.39, 0.29) is 6.61 Å². The van der Waals surface area contributed by atoms with Gasteiger partial charge in [0.25, 0.3) is 5.91 Å². The summed E-state index contributed by atoms with van der Waals surface area (Å²) in [6, 6.07) is 6.76. The van der Waals surface area contributed by atoms with Crippen molar-refractivity contribution in [2.75, 3.05) is 13.2 Å². The maximum atomic E-state index is 11.8. The standard InChI is InChI=1S/C12H16N2O4/c1-3-17-10-8-6-5-7-9(10)11(15)13-14-12(16)18-4-2/h5-8H,3-4H2,1-2H3,(H,13,15)(H,14,16). The van der Waals surface area contributed by atoms with E-state index in [1.165, 1.54) is 0 Å². The zero-order chi connectivity index (χ0) is 13.4. The summed E-state index contributed by atoms with van der Waals surface area (Å²) in [6.07, 6.45) is -0.709. The van der Waals surface area contributed by atoms with Crippen LogP contribution in [0, 0.1) is 0 Å². The van der Waals surface area contributed by atoms with Gasteiger partial charge >= 0.3 is 6.09 Å². The van der Waals surface area contributed by atoms with Gasteiger partial charge in [0.2, 0.25) is 0 Å². The third-order valence-corrected chi connectivity index (χ3v) is 1.99. The van der Waals surface area contributed by atoms with E-state index in [9.17, 15) is 9.59 Å². The number of ether oxygens (including phenoxy) is 2. The summed E-state index contributed by atoms with van der Waals surface area (Å²) in [7, 11) is 0. The minimum atomic E-state index is -0.709. The molecule has 0 radical (unpaired) electrons. The maximum Gasteiger partial charge on any atom is 0.426 e.